The first kappa shape index (κ1) is 17.3. The number of nitrogen functional groups attached to an aromatic ring is 1. The van der Waals surface area contributed by atoms with E-state index in [1.807, 2.05) is 0 Å². The summed E-state index contributed by atoms with van der Waals surface area (Å²) in [5, 5.41) is 19.5. The smallest absolute Gasteiger partial charge is 0.264 e. The zero-order valence-corrected chi connectivity index (χ0v) is 13.3. The van der Waals surface area contributed by atoms with E-state index < -0.39 is 47.0 Å². The first-order valence-electron chi connectivity index (χ1n) is 7.41. The van der Waals surface area contributed by atoms with Gasteiger partial charge in [0, 0.05) is 6.20 Å². The largest absolute Gasteiger partial charge is 0.391 e. The fourth-order valence-corrected chi connectivity index (χ4v) is 2.99. The lowest BCUT2D eigenvalue weighted by molar-refractivity contribution is -0.0776. The maximum atomic E-state index is 15.5. The SMILES string of the molecule is CC#C[C@@]1(F)C(O)[C@@H]([C@H](C)O)O[C@H]1n1cc(F)c2c(=O)[nH]c(N)nc21. The number of ether oxygens (including phenoxy) is 1. The summed E-state index contributed by atoms with van der Waals surface area (Å²) >= 11 is 0. The number of aliphatic hydroxyl groups excluding tert-OH is 2. The second kappa shape index (κ2) is 5.80. The molecule has 0 amide bonds. The van der Waals surface area contributed by atoms with Gasteiger partial charge in [-0.1, -0.05) is 5.92 Å². The monoisotopic (exact) mass is 354 g/mol. The molecule has 0 aliphatic carbocycles. The molecule has 3 heterocycles. The molecule has 1 aliphatic heterocycles. The first-order chi connectivity index (χ1) is 11.7. The Bertz CT molecular complexity index is 945. The Kier molecular flexibility index (Phi) is 4.03. The molecule has 3 rings (SSSR count). The van der Waals surface area contributed by atoms with Gasteiger partial charge in [-0.15, -0.1) is 5.92 Å². The van der Waals surface area contributed by atoms with Crippen molar-refractivity contribution in [3.05, 3.63) is 22.4 Å². The number of hydrogen-bond donors (Lipinski definition) is 4. The number of aliphatic hydroxyl groups is 2. The minimum atomic E-state index is -2.66. The van der Waals surface area contributed by atoms with Crippen molar-refractivity contribution in [1.29, 1.82) is 0 Å². The summed E-state index contributed by atoms with van der Waals surface area (Å²) < 4.78 is 36.0. The predicted molar refractivity (Wildman–Crippen MR) is 83.6 cm³/mol. The van der Waals surface area contributed by atoms with Crippen LogP contribution in [0.3, 0.4) is 0 Å². The lowest BCUT2D eigenvalue weighted by Gasteiger charge is -2.24. The van der Waals surface area contributed by atoms with Crippen LogP contribution in [0.25, 0.3) is 11.0 Å². The lowest BCUT2D eigenvalue weighted by atomic mass is 9.94. The quantitative estimate of drug-likeness (QED) is 0.554. The molecule has 10 heteroatoms. The van der Waals surface area contributed by atoms with E-state index in [2.05, 4.69) is 21.8 Å². The van der Waals surface area contributed by atoms with Crippen molar-refractivity contribution < 1.29 is 23.7 Å². The molecule has 0 bridgehead atoms. The first-order valence-corrected chi connectivity index (χ1v) is 7.41. The average Bonchev–Trinajstić information content (AvgIpc) is 2.96. The van der Waals surface area contributed by atoms with Crippen molar-refractivity contribution in [2.24, 2.45) is 0 Å². The Balaban J connectivity index is 2.25. The van der Waals surface area contributed by atoms with Crippen molar-refractivity contribution in [2.45, 2.75) is 44.1 Å². The van der Waals surface area contributed by atoms with Crippen molar-refractivity contribution >= 4 is 17.0 Å². The number of nitrogens with zero attached hydrogens (tertiary/aromatic N) is 2. The molecule has 5 atom stereocenters. The van der Waals surface area contributed by atoms with Gasteiger partial charge in [0.1, 0.15) is 17.6 Å². The molecule has 1 aliphatic rings. The van der Waals surface area contributed by atoms with Crippen LogP contribution in [-0.2, 0) is 4.74 Å². The van der Waals surface area contributed by atoms with Gasteiger partial charge in [0.2, 0.25) is 11.6 Å². The predicted octanol–water partition coefficient (Wildman–Crippen LogP) is -0.183. The van der Waals surface area contributed by atoms with Gasteiger partial charge in [0.25, 0.3) is 5.56 Å². The molecule has 0 saturated carbocycles. The van der Waals surface area contributed by atoms with Crippen LogP contribution < -0.4 is 11.3 Å². The number of fused-ring (bicyclic) bond motifs is 1. The maximum absolute atomic E-state index is 15.5. The number of nitrogens with two attached hydrogens (primary N) is 1. The lowest BCUT2D eigenvalue weighted by Crippen LogP contribution is -2.44. The van der Waals surface area contributed by atoms with Crippen molar-refractivity contribution in [1.82, 2.24) is 14.5 Å². The Morgan fingerprint density at radius 2 is 2.28 bits per heavy atom. The standard InChI is InChI=1S/C15H16F2N4O4/c1-3-4-15(17)10(23)9(6(2)22)25-13(15)21-5-7(16)8-11(21)19-14(18)20-12(8)24/h5-6,9-10,13,22-23H,1-2H3,(H3,18,19,20,24)/t6-,9+,10?,13+,15+/m0/s1. The number of aromatic nitrogens is 3. The fraction of sp³-hybridized carbons (Fsp3) is 0.467. The number of alkyl halides is 1. The van der Waals surface area contributed by atoms with E-state index in [0.717, 1.165) is 10.8 Å². The molecule has 0 aromatic carbocycles. The van der Waals surface area contributed by atoms with Crippen LogP contribution in [0.4, 0.5) is 14.7 Å². The van der Waals surface area contributed by atoms with Gasteiger partial charge < -0.3 is 20.7 Å². The minimum absolute atomic E-state index is 0.262. The molecule has 25 heavy (non-hydrogen) atoms. The summed E-state index contributed by atoms with van der Waals surface area (Å²) in [4.78, 5) is 17.9. The van der Waals surface area contributed by atoms with Crippen LogP contribution in [0.15, 0.2) is 11.0 Å². The van der Waals surface area contributed by atoms with Gasteiger partial charge in [-0.25, -0.2) is 8.78 Å². The number of halogens is 2. The van der Waals surface area contributed by atoms with Gasteiger partial charge in [0.15, 0.2) is 17.7 Å². The highest BCUT2D eigenvalue weighted by Gasteiger charge is 2.59. The van der Waals surface area contributed by atoms with E-state index in [0.29, 0.717) is 0 Å². The number of anilines is 1. The molecule has 1 saturated heterocycles. The zero-order chi connectivity index (χ0) is 18.5. The van der Waals surface area contributed by atoms with Gasteiger partial charge >= 0.3 is 0 Å². The van der Waals surface area contributed by atoms with Crippen LogP contribution in [0, 0.1) is 17.7 Å². The third kappa shape index (κ3) is 2.48. The highest BCUT2D eigenvalue weighted by atomic mass is 19.1. The summed E-state index contributed by atoms with van der Waals surface area (Å²) in [6.07, 6.45) is -5.16. The van der Waals surface area contributed by atoms with Gasteiger partial charge in [0.05, 0.1) is 6.10 Å². The van der Waals surface area contributed by atoms with Crippen molar-refractivity contribution in [2.75, 3.05) is 5.73 Å². The molecule has 2 aromatic rings. The molecule has 5 N–H and O–H groups in total. The molecular formula is C15H16F2N4O4. The zero-order valence-electron chi connectivity index (χ0n) is 13.3. The minimum Gasteiger partial charge on any atom is -0.391 e. The summed E-state index contributed by atoms with van der Waals surface area (Å²) in [5.74, 6) is 3.31. The molecular weight excluding hydrogens is 338 g/mol. The number of rotatable bonds is 2. The maximum Gasteiger partial charge on any atom is 0.264 e. The molecule has 2 aromatic heterocycles. The summed E-state index contributed by atoms with van der Waals surface area (Å²) in [7, 11) is 0. The van der Waals surface area contributed by atoms with Crippen LogP contribution in [0.5, 0.6) is 0 Å². The van der Waals surface area contributed by atoms with E-state index in [1.165, 1.54) is 13.8 Å². The van der Waals surface area contributed by atoms with Crippen molar-refractivity contribution in [3.8, 4) is 11.8 Å². The van der Waals surface area contributed by atoms with Crippen LogP contribution in [-0.4, -0.2) is 48.7 Å². The normalized spacial score (nSPS) is 30.2. The van der Waals surface area contributed by atoms with Gasteiger partial charge in [-0.3, -0.25) is 14.3 Å². The Morgan fingerprint density at radius 3 is 2.88 bits per heavy atom. The number of nitrogens with one attached hydrogen (secondary N) is 1. The van der Waals surface area contributed by atoms with Crippen LogP contribution in [0.2, 0.25) is 0 Å². The van der Waals surface area contributed by atoms with E-state index in [-0.39, 0.29) is 11.6 Å². The van der Waals surface area contributed by atoms with Gasteiger partial charge in [-0.2, -0.15) is 4.98 Å². The Morgan fingerprint density at radius 1 is 1.60 bits per heavy atom. The molecule has 8 nitrogen and oxygen atoms in total. The fourth-order valence-electron chi connectivity index (χ4n) is 2.99. The average molecular weight is 354 g/mol. The second-order valence-corrected chi connectivity index (χ2v) is 5.82. The van der Waals surface area contributed by atoms with E-state index in [1.54, 1.807) is 0 Å². The molecule has 1 fully saturated rings. The van der Waals surface area contributed by atoms with Gasteiger partial charge in [-0.05, 0) is 13.8 Å². The Labute approximate surface area is 140 Å². The Hall–Kier alpha value is -2.48. The van der Waals surface area contributed by atoms with E-state index >= 15 is 4.39 Å². The molecule has 0 radical (unpaired) electrons. The molecule has 1 unspecified atom stereocenters. The summed E-state index contributed by atoms with van der Waals surface area (Å²) in [6.45, 7) is 2.67. The van der Waals surface area contributed by atoms with Crippen LogP contribution >= 0.6 is 0 Å². The van der Waals surface area contributed by atoms with Crippen LogP contribution in [0.1, 0.15) is 20.1 Å². The highest BCUT2D eigenvalue weighted by molar-refractivity contribution is 5.77. The van der Waals surface area contributed by atoms with E-state index in [4.69, 9.17) is 10.5 Å². The summed E-state index contributed by atoms with van der Waals surface area (Å²) in [5.41, 5.74) is 1.72. The third-order valence-electron chi connectivity index (χ3n) is 4.09. The highest BCUT2D eigenvalue weighted by Crippen LogP contribution is 2.43. The molecule has 134 valence electrons. The second-order valence-electron chi connectivity index (χ2n) is 5.82. The topological polar surface area (TPSA) is 126 Å². The number of H-pyrrole nitrogens is 1. The number of hydrogen-bond acceptors (Lipinski definition) is 6. The third-order valence-corrected chi connectivity index (χ3v) is 4.09. The molecule has 0 spiro atoms. The van der Waals surface area contributed by atoms with E-state index in [9.17, 15) is 19.4 Å². The summed E-state index contributed by atoms with van der Waals surface area (Å²) in [6, 6.07) is 0. The van der Waals surface area contributed by atoms with Crippen molar-refractivity contribution in [3.63, 3.8) is 0 Å². The number of aromatic amines is 1.